The number of nitrogens with one attached hydrogen (secondary N) is 1. The van der Waals surface area contributed by atoms with Crippen LogP contribution in [-0.2, 0) is 13.2 Å². The van der Waals surface area contributed by atoms with Crippen molar-refractivity contribution < 1.29 is 22.4 Å². The van der Waals surface area contributed by atoms with Crippen molar-refractivity contribution in [1.29, 1.82) is 0 Å². The summed E-state index contributed by atoms with van der Waals surface area (Å²) in [5.74, 6) is 0.0598. The Morgan fingerprint density at radius 3 is 2.54 bits per heavy atom. The Morgan fingerprint density at radius 1 is 1.21 bits per heavy atom. The highest BCUT2D eigenvalue weighted by Crippen LogP contribution is 2.41. The van der Waals surface area contributed by atoms with Crippen molar-refractivity contribution >= 4 is 11.8 Å². The van der Waals surface area contributed by atoms with Crippen LogP contribution in [0.5, 0.6) is 0 Å². The number of urea groups is 1. The van der Waals surface area contributed by atoms with Gasteiger partial charge < -0.3 is 5.32 Å². The standard InChI is InChI=1S/C19H20F4N4O/c1-26-16(10-15(25-26)19(21,22)23)27-11-18(24-17(27)28)7-5-12(6-8-18)13-3-2-4-14(20)9-13/h2-4,9-10,12H,5-8,11H2,1H3,(H,24,28). The number of aryl methyl sites for hydroxylation is 1. The number of rotatable bonds is 2. The lowest BCUT2D eigenvalue weighted by Gasteiger charge is -2.36. The molecule has 2 aromatic rings. The minimum Gasteiger partial charge on any atom is -0.330 e. The van der Waals surface area contributed by atoms with E-state index in [1.54, 1.807) is 6.07 Å². The Labute approximate surface area is 159 Å². The summed E-state index contributed by atoms with van der Waals surface area (Å²) < 4.78 is 53.3. The van der Waals surface area contributed by atoms with Crippen molar-refractivity contribution in [2.45, 2.75) is 43.3 Å². The molecule has 4 rings (SSSR count). The molecule has 2 heterocycles. The van der Waals surface area contributed by atoms with Gasteiger partial charge in [-0.2, -0.15) is 18.3 Å². The smallest absolute Gasteiger partial charge is 0.330 e. The van der Waals surface area contributed by atoms with E-state index in [-0.39, 0.29) is 17.6 Å². The third kappa shape index (κ3) is 3.33. The Bertz CT molecular complexity index is 900. The molecule has 1 aromatic heterocycles. The molecular weight excluding hydrogens is 376 g/mol. The zero-order valence-corrected chi connectivity index (χ0v) is 15.3. The molecule has 5 nitrogen and oxygen atoms in total. The molecule has 0 atom stereocenters. The van der Waals surface area contributed by atoms with Gasteiger partial charge in [-0.25, -0.2) is 9.18 Å². The zero-order chi connectivity index (χ0) is 20.1. The summed E-state index contributed by atoms with van der Waals surface area (Å²) in [4.78, 5) is 13.8. The summed E-state index contributed by atoms with van der Waals surface area (Å²) in [7, 11) is 1.39. The molecule has 1 aliphatic heterocycles. The lowest BCUT2D eigenvalue weighted by atomic mass is 9.74. The minimum absolute atomic E-state index is 0.119. The van der Waals surface area contributed by atoms with Crippen LogP contribution < -0.4 is 10.2 Å². The number of carbonyl (C=O) groups is 1. The summed E-state index contributed by atoms with van der Waals surface area (Å²) >= 11 is 0. The second-order valence-electron chi connectivity index (χ2n) is 7.64. The number of nitrogens with zero attached hydrogens (tertiary/aromatic N) is 3. The van der Waals surface area contributed by atoms with Gasteiger partial charge in [0.15, 0.2) is 5.69 Å². The molecule has 2 aliphatic rings. The highest BCUT2D eigenvalue weighted by Gasteiger charge is 2.46. The van der Waals surface area contributed by atoms with Crippen molar-refractivity contribution in [2.24, 2.45) is 7.05 Å². The third-order valence-electron chi connectivity index (χ3n) is 5.76. The average molecular weight is 396 g/mol. The van der Waals surface area contributed by atoms with Gasteiger partial charge >= 0.3 is 12.2 Å². The van der Waals surface area contributed by atoms with Gasteiger partial charge in [0.2, 0.25) is 0 Å². The fourth-order valence-corrected chi connectivity index (χ4v) is 4.29. The first kappa shape index (κ1) is 18.8. The molecule has 0 unspecified atom stereocenters. The van der Waals surface area contributed by atoms with E-state index < -0.39 is 23.4 Å². The number of hydrogen-bond acceptors (Lipinski definition) is 2. The molecule has 0 radical (unpaired) electrons. The number of hydrogen-bond donors (Lipinski definition) is 1. The van der Waals surface area contributed by atoms with Crippen molar-refractivity contribution in [3.63, 3.8) is 0 Å². The van der Waals surface area contributed by atoms with E-state index >= 15 is 0 Å². The predicted octanol–water partition coefficient (Wildman–Crippen LogP) is 4.20. The molecule has 2 fully saturated rings. The van der Waals surface area contributed by atoms with Crippen LogP contribution in [0.15, 0.2) is 30.3 Å². The van der Waals surface area contributed by atoms with Crippen LogP contribution in [0.3, 0.4) is 0 Å². The molecule has 0 bridgehead atoms. The van der Waals surface area contributed by atoms with Crippen LogP contribution in [0.1, 0.15) is 42.9 Å². The third-order valence-corrected chi connectivity index (χ3v) is 5.76. The van der Waals surface area contributed by atoms with Gasteiger partial charge in [-0.3, -0.25) is 9.58 Å². The Balaban J connectivity index is 1.49. The van der Waals surface area contributed by atoms with Crippen molar-refractivity contribution in [3.05, 3.63) is 47.4 Å². The molecule has 150 valence electrons. The quantitative estimate of drug-likeness (QED) is 0.774. The molecule has 1 saturated heterocycles. The van der Waals surface area contributed by atoms with E-state index in [0.717, 1.165) is 29.2 Å². The van der Waals surface area contributed by atoms with Crippen LogP contribution >= 0.6 is 0 Å². The summed E-state index contributed by atoms with van der Waals surface area (Å²) in [5, 5.41) is 6.46. The van der Waals surface area contributed by atoms with E-state index in [1.165, 1.54) is 24.1 Å². The second-order valence-corrected chi connectivity index (χ2v) is 7.64. The van der Waals surface area contributed by atoms with Crippen molar-refractivity contribution in [3.8, 4) is 0 Å². The number of alkyl halides is 3. The molecule has 1 N–H and O–H groups in total. The van der Waals surface area contributed by atoms with E-state index in [9.17, 15) is 22.4 Å². The lowest BCUT2D eigenvalue weighted by Crippen LogP contribution is -2.46. The number of aromatic nitrogens is 2. The van der Waals surface area contributed by atoms with Gasteiger partial charge in [-0.05, 0) is 49.3 Å². The number of benzene rings is 1. The molecular formula is C19H20F4N4O. The summed E-state index contributed by atoms with van der Waals surface area (Å²) in [6.07, 6.45) is -1.65. The average Bonchev–Trinajstić information content (AvgIpc) is 3.16. The fourth-order valence-electron chi connectivity index (χ4n) is 4.29. The van der Waals surface area contributed by atoms with Gasteiger partial charge in [0, 0.05) is 13.1 Å². The van der Waals surface area contributed by atoms with Crippen LogP contribution in [0.4, 0.5) is 28.2 Å². The highest BCUT2D eigenvalue weighted by molar-refractivity contribution is 5.94. The first-order valence-corrected chi connectivity index (χ1v) is 9.13. The molecule has 1 saturated carbocycles. The maximum absolute atomic E-state index is 13.5. The summed E-state index contributed by atoms with van der Waals surface area (Å²) in [6.45, 7) is 0.290. The maximum Gasteiger partial charge on any atom is 0.435 e. The van der Waals surface area contributed by atoms with Crippen LogP contribution in [-0.4, -0.2) is 27.9 Å². The minimum atomic E-state index is -4.56. The first-order chi connectivity index (χ1) is 13.2. The monoisotopic (exact) mass is 396 g/mol. The largest absolute Gasteiger partial charge is 0.435 e. The number of anilines is 1. The molecule has 1 spiro atoms. The number of halogens is 4. The van der Waals surface area contributed by atoms with Crippen molar-refractivity contribution in [1.82, 2.24) is 15.1 Å². The van der Waals surface area contributed by atoms with E-state index in [0.29, 0.717) is 19.4 Å². The zero-order valence-electron chi connectivity index (χ0n) is 15.3. The van der Waals surface area contributed by atoms with Gasteiger partial charge in [0.05, 0.1) is 12.1 Å². The van der Waals surface area contributed by atoms with E-state index in [4.69, 9.17) is 0 Å². The predicted molar refractivity (Wildman–Crippen MR) is 94.4 cm³/mol. The Hall–Kier alpha value is -2.58. The van der Waals surface area contributed by atoms with Gasteiger partial charge in [-0.15, -0.1) is 0 Å². The molecule has 2 amide bonds. The van der Waals surface area contributed by atoms with Crippen LogP contribution in [0, 0.1) is 5.82 Å². The fraction of sp³-hybridized carbons (Fsp3) is 0.474. The molecule has 28 heavy (non-hydrogen) atoms. The number of carbonyl (C=O) groups excluding carboxylic acids is 1. The van der Waals surface area contributed by atoms with E-state index in [2.05, 4.69) is 10.4 Å². The van der Waals surface area contributed by atoms with Gasteiger partial charge in [0.25, 0.3) is 0 Å². The number of amides is 2. The Morgan fingerprint density at radius 2 is 1.93 bits per heavy atom. The summed E-state index contributed by atoms with van der Waals surface area (Å²) in [5.41, 5.74) is -0.560. The summed E-state index contributed by atoms with van der Waals surface area (Å²) in [6, 6.07) is 7.02. The van der Waals surface area contributed by atoms with E-state index in [1.807, 2.05) is 6.07 Å². The molecule has 9 heteroatoms. The SMILES string of the molecule is Cn1nc(C(F)(F)F)cc1N1CC2(CCC(c3cccc(F)c3)CC2)NC1=O. The molecule has 1 aromatic carbocycles. The molecule has 1 aliphatic carbocycles. The second kappa shape index (κ2) is 6.49. The normalized spacial score (nSPS) is 25.4. The van der Waals surface area contributed by atoms with Crippen molar-refractivity contribution in [2.75, 3.05) is 11.4 Å². The first-order valence-electron chi connectivity index (χ1n) is 9.13. The van der Waals surface area contributed by atoms with Crippen LogP contribution in [0.25, 0.3) is 0 Å². The van der Waals surface area contributed by atoms with Crippen LogP contribution in [0.2, 0.25) is 0 Å². The Kier molecular flexibility index (Phi) is 4.35. The topological polar surface area (TPSA) is 50.2 Å². The van der Waals surface area contributed by atoms with Gasteiger partial charge in [-0.1, -0.05) is 12.1 Å². The van der Waals surface area contributed by atoms with Gasteiger partial charge in [0.1, 0.15) is 11.6 Å². The maximum atomic E-state index is 13.5. The lowest BCUT2D eigenvalue weighted by molar-refractivity contribution is -0.141. The highest BCUT2D eigenvalue weighted by atomic mass is 19.4.